The van der Waals surface area contributed by atoms with Crippen LogP contribution in [-0.2, 0) is 28.6 Å². The smallest absolute Gasteiger partial charge is 0.306 e. The molecule has 0 saturated carbocycles. The second-order valence-electron chi connectivity index (χ2n) is 23.8. The summed E-state index contributed by atoms with van der Waals surface area (Å²) in [6, 6.07) is 0. The number of unbranched alkanes of at least 4 members (excludes halogenated alkanes) is 40. The molecule has 474 valence electrons. The van der Waals surface area contributed by atoms with Gasteiger partial charge in [0.25, 0.3) is 0 Å². The van der Waals surface area contributed by atoms with Crippen LogP contribution in [0.3, 0.4) is 0 Å². The molecule has 0 radical (unpaired) electrons. The Morgan fingerprint density at radius 2 is 0.500 bits per heavy atom. The van der Waals surface area contributed by atoms with Crippen LogP contribution >= 0.6 is 0 Å². The maximum atomic E-state index is 12.9. The molecule has 0 aromatic heterocycles. The molecule has 0 amide bonds. The standard InChI is InChI=1S/C76H134O6/c1-4-7-10-13-16-19-22-24-26-28-30-32-34-36-37-38-39-41-42-44-46-48-50-52-54-57-60-63-66-69-75(78)81-72-73(71-80-74(77)68-65-62-59-56-21-18-15-12-9-6-3)82-76(79)70-67-64-61-58-55-53-51-49-47-45-43-40-35-33-31-29-27-25-23-20-17-14-11-8-5-2/h7,10,12,15-16,19,24,26,30,32,36-37,39,41,73H,4-6,8-9,11,13-14,17-18,20-23,25,27-29,31,33-35,38,40,42-72H2,1-3H3/b10-7-,15-12-,19-16-,26-24-,32-30-,37-36-,41-39-. The first kappa shape index (κ1) is 78.6. The van der Waals surface area contributed by atoms with E-state index in [1.54, 1.807) is 0 Å². The number of hydrogen-bond donors (Lipinski definition) is 0. The number of allylic oxidation sites excluding steroid dienone is 14. The summed E-state index contributed by atoms with van der Waals surface area (Å²) < 4.78 is 16.9. The van der Waals surface area contributed by atoms with Gasteiger partial charge in [0.2, 0.25) is 0 Å². The van der Waals surface area contributed by atoms with Gasteiger partial charge in [0.05, 0.1) is 0 Å². The van der Waals surface area contributed by atoms with E-state index >= 15 is 0 Å². The minimum Gasteiger partial charge on any atom is -0.462 e. The van der Waals surface area contributed by atoms with Crippen molar-refractivity contribution >= 4 is 17.9 Å². The quantitative estimate of drug-likeness (QED) is 0.0261. The third kappa shape index (κ3) is 67.4. The second kappa shape index (κ2) is 70.1. The minimum absolute atomic E-state index is 0.0780. The molecule has 6 nitrogen and oxygen atoms in total. The summed E-state index contributed by atoms with van der Waals surface area (Å²) in [5.74, 6) is -0.874. The Labute approximate surface area is 509 Å². The molecule has 0 N–H and O–H groups in total. The van der Waals surface area contributed by atoms with Gasteiger partial charge in [0, 0.05) is 19.3 Å². The zero-order chi connectivity index (χ0) is 59.2. The molecule has 0 aromatic rings. The van der Waals surface area contributed by atoms with Crippen molar-refractivity contribution in [3.05, 3.63) is 85.1 Å². The van der Waals surface area contributed by atoms with Crippen molar-refractivity contribution in [1.29, 1.82) is 0 Å². The molecule has 0 rings (SSSR count). The lowest BCUT2D eigenvalue weighted by molar-refractivity contribution is -0.167. The number of carbonyl (C=O) groups excluding carboxylic acids is 3. The van der Waals surface area contributed by atoms with E-state index in [9.17, 15) is 14.4 Å². The first-order valence-corrected chi connectivity index (χ1v) is 35.6. The highest BCUT2D eigenvalue weighted by Gasteiger charge is 2.19. The summed E-state index contributed by atoms with van der Waals surface area (Å²) in [5, 5.41) is 0. The van der Waals surface area contributed by atoms with E-state index in [4.69, 9.17) is 14.2 Å². The van der Waals surface area contributed by atoms with E-state index in [2.05, 4.69) is 106 Å². The highest BCUT2D eigenvalue weighted by Crippen LogP contribution is 2.18. The van der Waals surface area contributed by atoms with Gasteiger partial charge < -0.3 is 14.2 Å². The lowest BCUT2D eigenvalue weighted by atomic mass is 10.0. The number of carbonyl (C=O) groups is 3. The first-order chi connectivity index (χ1) is 40.5. The Hall–Kier alpha value is -3.41. The van der Waals surface area contributed by atoms with Crippen molar-refractivity contribution in [2.45, 2.75) is 367 Å². The highest BCUT2D eigenvalue weighted by molar-refractivity contribution is 5.71. The van der Waals surface area contributed by atoms with Gasteiger partial charge in [0.15, 0.2) is 6.10 Å². The summed E-state index contributed by atoms with van der Waals surface area (Å²) in [6.07, 6.45) is 93.4. The molecule has 0 aliphatic carbocycles. The third-order valence-corrected chi connectivity index (χ3v) is 15.6. The summed E-state index contributed by atoms with van der Waals surface area (Å²) in [5.41, 5.74) is 0. The predicted octanol–water partition coefficient (Wildman–Crippen LogP) is 24.6. The van der Waals surface area contributed by atoms with Crippen LogP contribution < -0.4 is 0 Å². The Balaban J connectivity index is 4.18. The van der Waals surface area contributed by atoms with E-state index in [0.717, 1.165) is 109 Å². The highest BCUT2D eigenvalue weighted by atomic mass is 16.6. The van der Waals surface area contributed by atoms with Gasteiger partial charge in [-0.05, 0) is 89.9 Å². The molecule has 0 aliphatic rings. The van der Waals surface area contributed by atoms with Gasteiger partial charge in [-0.3, -0.25) is 14.4 Å². The van der Waals surface area contributed by atoms with Crippen molar-refractivity contribution in [2.24, 2.45) is 0 Å². The Morgan fingerprint density at radius 1 is 0.256 bits per heavy atom. The van der Waals surface area contributed by atoms with Crippen molar-refractivity contribution in [3.63, 3.8) is 0 Å². The Kier molecular flexibility index (Phi) is 67.2. The zero-order valence-corrected chi connectivity index (χ0v) is 54.5. The van der Waals surface area contributed by atoms with Crippen LogP contribution in [-0.4, -0.2) is 37.2 Å². The van der Waals surface area contributed by atoms with Gasteiger partial charge >= 0.3 is 17.9 Å². The molecular formula is C76H134O6. The molecule has 0 aliphatic heterocycles. The topological polar surface area (TPSA) is 78.9 Å². The number of rotatable bonds is 65. The summed E-state index contributed by atoms with van der Waals surface area (Å²) in [6.45, 7) is 6.51. The summed E-state index contributed by atoms with van der Waals surface area (Å²) in [4.78, 5) is 38.3. The normalized spacial score (nSPS) is 12.6. The Morgan fingerprint density at radius 3 is 0.805 bits per heavy atom. The zero-order valence-electron chi connectivity index (χ0n) is 54.5. The fourth-order valence-corrected chi connectivity index (χ4v) is 10.3. The SMILES string of the molecule is CC/C=C\C/C=C\C/C=C\C/C=C\C/C=C\C/C=C\CCCCCCCCCCCCC(=O)OCC(COC(=O)CCCCCCC/C=C\CCC)OC(=O)CCCCCCCCCCCCCCCCCCCCCCCCCCC. The van der Waals surface area contributed by atoms with Gasteiger partial charge in [-0.1, -0.05) is 337 Å². The number of hydrogen-bond acceptors (Lipinski definition) is 6. The lowest BCUT2D eigenvalue weighted by Gasteiger charge is -2.18. The lowest BCUT2D eigenvalue weighted by Crippen LogP contribution is -2.30. The third-order valence-electron chi connectivity index (χ3n) is 15.6. The molecule has 0 saturated heterocycles. The molecule has 0 spiro atoms. The first-order valence-electron chi connectivity index (χ1n) is 35.6. The van der Waals surface area contributed by atoms with Gasteiger partial charge in [0.1, 0.15) is 13.2 Å². The number of esters is 3. The predicted molar refractivity (Wildman–Crippen MR) is 358 cm³/mol. The average molecular weight is 1140 g/mol. The average Bonchev–Trinajstić information content (AvgIpc) is 3.48. The van der Waals surface area contributed by atoms with E-state index in [1.807, 2.05) is 0 Å². The molecule has 0 fully saturated rings. The van der Waals surface area contributed by atoms with E-state index in [1.165, 1.54) is 212 Å². The van der Waals surface area contributed by atoms with E-state index < -0.39 is 6.10 Å². The summed E-state index contributed by atoms with van der Waals surface area (Å²) in [7, 11) is 0. The fraction of sp³-hybridized carbons (Fsp3) is 0.776. The van der Waals surface area contributed by atoms with Crippen LogP contribution in [0.1, 0.15) is 361 Å². The van der Waals surface area contributed by atoms with Crippen molar-refractivity contribution in [1.82, 2.24) is 0 Å². The molecule has 0 aromatic carbocycles. The van der Waals surface area contributed by atoms with Crippen LogP contribution in [0.4, 0.5) is 0 Å². The molecule has 0 heterocycles. The minimum atomic E-state index is -0.781. The van der Waals surface area contributed by atoms with Crippen molar-refractivity contribution < 1.29 is 28.6 Å². The molecule has 6 heteroatoms. The van der Waals surface area contributed by atoms with Gasteiger partial charge in [-0.25, -0.2) is 0 Å². The van der Waals surface area contributed by atoms with Crippen molar-refractivity contribution in [3.8, 4) is 0 Å². The monoisotopic (exact) mass is 1140 g/mol. The molecule has 82 heavy (non-hydrogen) atoms. The van der Waals surface area contributed by atoms with Gasteiger partial charge in [-0.2, -0.15) is 0 Å². The molecular weight excluding hydrogens is 1010 g/mol. The van der Waals surface area contributed by atoms with Crippen LogP contribution in [0.25, 0.3) is 0 Å². The maximum absolute atomic E-state index is 12.9. The second-order valence-corrected chi connectivity index (χ2v) is 23.8. The summed E-state index contributed by atoms with van der Waals surface area (Å²) >= 11 is 0. The largest absolute Gasteiger partial charge is 0.462 e. The van der Waals surface area contributed by atoms with E-state index in [0.29, 0.717) is 19.3 Å². The van der Waals surface area contributed by atoms with Crippen LogP contribution in [0, 0.1) is 0 Å². The van der Waals surface area contributed by atoms with Crippen LogP contribution in [0.2, 0.25) is 0 Å². The van der Waals surface area contributed by atoms with Crippen LogP contribution in [0.15, 0.2) is 85.1 Å². The molecule has 0 bridgehead atoms. The number of ether oxygens (including phenoxy) is 3. The molecule has 1 atom stereocenters. The van der Waals surface area contributed by atoms with Gasteiger partial charge in [-0.15, -0.1) is 0 Å². The Bertz CT molecular complexity index is 1550. The van der Waals surface area contributed by atoms with E-state index in [-0.39, 0.29) is 31.1 Å². The fourth-order valence-electron chi connectivity index (χ4n) is 10.3. The van der Waals surface area contributed by atoms with Crippen LogP contribution in [0.5, 0.6) is 0 Å². The maximum Gasteiger partial charge on any atom is 0.306 e. The molecule has 1 unspecified atom stereocenters. The van der Waals surface area contributed by atoms with Crippen molar-refractivity contribution in [2.75, 3.05) is 13.2 Å².